The summed E-state index contributed by atoms with van der Waals surface area (Å²) in [6.45, 7) is 5.29. The summed E-state index contributed by atoms with van der Waals surface area (Å²) in [4.78, 5) is 2.58. The van der Waals surface area contributed by atoms with Crippen LogP contribution in [0.1, 0.15) is 44.7 Å². The van der Waals surface area contributed by atoms with Gasteiger partial charge in [0.25, 0.3) is 0 Å². The van der Waals surface area contributed by atoms with Crippen molar-refractivity contribution < 1.29 is 0 Å². The highest BCUT2D eigenvalue weighted by atomic mass is 35.5. The van der Waals surface area contributed by atoms with Gasteiger partial charge in [-0.05, 0) is 44.4 Å². The van der Waals surface area contributed by atoms with E-state index in [-0.39, 0.29) is 0 Å². The molecule has 0 amide bonds. The van der Waals surface area contributed by atoms with E-state index in [9.17, 15) is 0 Å². The average molecular weight is 267 g/mol. The van der Waals surface area contributed by atoms with Crippen molar-refractivity contribution in [3.63, 3.8) is 0 Å². The Morgan fingerprint density at radius 2 is 1.78 bits per heavy atom. The number of hydrogen-bond acceptors (Lipinski definition) is 2. The Kier molecular flexibility index (Phi) is 4.66. The largest absolute Gasteiger partial charge is 0.329 e. The first-order chi connectivity index (χ1) is 8.63. The first-order valence-corrected chi connectivity index (χ1v) is 7.24. The molecule has 1 aromatic rings. The van der Waals surface area contributed by atoms with E-state index < -0.39 is 0 Å². The highest BCUT2D eigenvalue weighted by molar-refractivity contribution is 6.30. The fourth-order valence-electron chi connectivity index (χ4n) is 3.17. The van der Waals surface area contributed by atoms with Gasteiger partial charge in [-0.25, -0.2) is 0 Å². The summed E-state index contributed by atoms with van der Waals surface area (Å²) >= 11 is 5.96. The van der Waals surface area contributed by atoms with E-state index in [0.29, 0.717) is 24.7 Å². The third-order valence-corrected chi connectivity index (χ3v) is 4.35. The predicted octanol–water partition coefficient (Wildman–Crippen LogP) is 3.60. The normalized spacial score (nSPS) is 27.1. The monoisotopic (exact) mass is 266 g/mol. The molecule has 2 nitrogen and oxygen atoms in total. The van der Waals surface area contributed by atoms with Crippen molar-refractivity contribution in [1.82, 2.24) is 4.90 Å². The summed E-state index contributed by atoms with van der Waals surface area (Å²) in [6, 6.07) is 9.66. The second-order valence-corrected chi connectivity index (χ2v) is 5.82. The lowest BCUT2D eigenvalue weighted by Crippen LogP contribution is -2.48. The molecule has 0 saturated carbocycles. The Balaban J connectivity index is 2.23. The minimum atomic E-state index is 0.313. The fraction of sp³-hybridized carbons (Fsp3) is 0.600. The van der Waals surface area contributed by atoms with Crippen LogP contribution in [0.15, 0.2) is 24.3 Å². The SMILES string of the molecule is C[C@@H]1CCC[C@H](C)N1C(CN)c1ccc(Cl)cc1. The van der Waals surface area contributed by atoms with Crippen molar-refractivity contribution >= 4 is 11.6 Å². The molecule has 2 N–H and O–H groups in total. The minimum Gasteiger partial charge on any atom is -0.329 e. The van der Waals surface area contributed by atoms with Crippen LogP contribution in [0.4, 0.5) is 0 Å². The van der Waals surface area contributed by atoms with Gasteiger partial charge in [0.05, 0.1) is 0 Å². The number of piperidine rings is 1. The molecule has 3 heteroatoms. The molecule has 1 unspecified atom stereocenters. The first-order valence-electron chi connectivity index (χ1n) is 6.86. The Morgan fingerprint density at radius 3 is 2.28 bits per heavy atom. The Morgan fingerprint density at radius 1 is 1.22 bits per heavy atom. The number of hydrogen-bond donors (Lipinski definition) is 1. The van der Waals surface area contributed by atoms with Crippen LogP contribution < -0.4 is 5.73 Å². The van der Waals surface area contributed by atoms with Crippen molar-refractivity contribution in [3.05, 3.63) is 34.9 Å². The minimum absolute atomic E-state index is 0.313. The lowest BCUT2D eigenvalue weighted by molar-refractivity contribution is 0.0578. The lowest BCUT2D eigenvalue weighted by atomic mass is 9.92. The highest BCUT2D eigenvalue weighted by Crippen LogP contribution is 2.32. The molecule has 0 radical (unpaired) electrons. The summed E-state index contributed by atoms with van der Waals surface area (Å²) in [6.07, 6.45) is 3.87. The van der Waals surface area contributed by atoms with Gasteiger partial charge in [0.1, 0.15) is 0 Å². The summed E-state index contributed by atoms with van der Waals surface area (Å²) in [5.74, 6) is 0. The van der Waals surface area contributed by atoms with Gasteiger partial charge < -0.3 is 5.73 Å². The van der Waals surface area contributed by atoms with Crippen LogP contribution >= 0.6 is 11.6 Å². The van der Waals surface area contributed by atoms with Crippen LogP contribution in [0.25, 0.3) is 0 Å². The molecule has 2 rings (SSSR count). The highest BCUT2D eigenvalue weighted by Gasteiger charge is 2.30. The maximum atomic E-state index is 6.02. The van der Waals surface area contributed by atoms with E-state index in [1.807, 2.05) is 12.1 Å². The zero-order valence-corrected chi connectivity index (χ0v) is 12.0. The maximum absolute atomic E-state index is 6.02. The molecule has 1 aliphatic heterocycles. The summed E-state index contributed by atoms with van der Waals surface area (Å²) in [5, 5.41) is 0.786. The van der Waals surface area contributed by atoms with Crippen molar-refractivity contribution in [2.24, 2.45) is 5.73 Å². The van der Waals surface area contributed by atoms with Gasteiger partial charge in [0, 0.05) is 29.7 Å². The molecule has 1 heterocycles. The molecule has 100 valence electrons. The summed E-state index contributed by atoms with van der Waals surface area (Å²) in [7, 11) is 0. The van der Waals surface area contributed by atoms with Gasteiger partial charge in [-0.3, -0.25) is 4.90 Å². The molecule has 1 saturated heterocycles. The van der Waals surface area contributed by atoms with Gasteiger partial charge >= 0.3 is 0 Å². The molecular formula is C15H23ClN2. The molecule has 0 bridgehead atoms. The van der Waals surface area contributed by atoms with Crippen molar-refractivity contribution in [3.8, 4) is 0 Å². The van der Waals surface area contributed by atoms with Crippen LogP contribution in [0.3, 0.4) is 0 Å². The van der Waals surface area contributed by atoms with E-state index in [0.717, 1.165) is 5.02 Å². The Bertz CT molecular complexity index is 367. The second-order valence-electron chi connectivity index (χ2n) is 5.38. The Labute approximate surface area is 115 Å². The summed E-state index contributed by atoms with van der Waals surface area (Å²) < 4.78 is 0. The average Bonchev–Trinajstić information content (AvgIpc) is 2.35. The number of rotatable bonds is 3. The van der Waals surface area contributed by atoms with Crippen molar-refractivity contribution in [1.29, 1.82) is 0 Å². The standard InChI is InChI=1S/C15H23ClN2/c1-11-4-3-5-12(2)18(11)15(10-17)13-6-8-14(16)9-7-13/h6-9,11-12,15H,3-5,10,17H2,1-2H3/t11-,12+,15?. The van der Waals surface area contributed by atoms with Gasteiger partial charge in [0.15, 0.2) is 0 Å². The van der Waals surface area contributed by atoms with Crippen LogP contribution in [-0.4, -0.2) is 23.5 Å². The van der Waals surface area contributed by atoms with Gasteiger partial charge in [-0.1, -0.05) is 30.2 Å². The predicted molar refractivity (Wildman–Crippen MR) is 77.9 cm³/mol. The third kappa shape index (κ3) is 2.87. The second kappa shape index (κ2) is 6.05. The first kappa shape index (κ1) is 13.9. The van der Waals surface area contributed by atoms with E-state index >= 15 is 0 Å². The number of nitrogens with zero attached hydrogens (tertiary/aromatic N) is 1. The van der Waals surface area contributed by atoms with Crippen molar-refractivity contribution in [2.75, 3.05) is 6.54 Å². The van der Waals surface area contributed by atoms with Gasteiger partial charge in [-0.15, -0.1) is 0 Å². The number of halogens is 1. The van der Waals surface area contributed by atoms with E-state index in [2.05, 4.69) is 30.9 Å². The van der Waals surface area contributed by atoms with Gasteiger partial charge in [-0.2, -0.15) is 0 Å². The smallest absolute Gasteiger partial charge is 0.0476 e. The summed E-state index contributed by atoms with van der Waals surface area (Å²) in [5.41, 5.74) is 7.30. The maximum Gasteiger partial charge on any atom is 0.0476 e. The fourth-order valence-corrected chi connectivity index (χ4v) is 3.30. The van der Waals surface area contributed by atoms with Crippen LogP contribution in [0.5, 0.6) is 0 Å². The molecule has 18 heavy (non-hydrogen) atoms. The molecular weight excluding hydrogens is 244 g/mol. The van der Waals surface area contributed by atoms with Crippen molar-refractivity contribution in [2.45, 2.75) is 51.2 Å². The molecule has 0 aromatic heterocycles. The van der Waals surface area contributed by atoms with Crippen LogP contribution in [0.2, 0.25) is 5.02 Å². The van der Waals surface area contributed by atoms with Gasteiger partial charge in [0.2, 0.25) is 0 Å². The zero-order chi connectivity index (χ0) is 13.1. The quantitative estimate of drug-likeness (QED) is 0.906. The van der Waals surface area contributed by atoms with Crippen LogP contribution in [0, 0.1) is 0 Å². The Hall–Kier alpha value is -0.570. The number of nitrogens with two attached hydrogens (primary N) is 1. The number of likely N-dealkylation sites (tertiary alicyclic amines) is 1. The molecule has 1 aromatic carbocycles. The third-order valence-electron chi connectivity index (χ3n) is 4.10. The van der Waals surface area contributed by atoms with E-state index in [1.165, 1.54) is 24.8 Å². The van der Waals surface area contributed by atoms with E-state index in [1.54, 1.807) is 0 Å². The zero-order valence-electron chi connectivity index (χ0n) is 11.3. The number of benzene rings is 1. The van der Waals surface area contributed by atoms with Crippen LogP contribution in [-0.2, 0) is 0 Å². The topological polar surface area (TPSA) is 29.3 Å². The molecule has 1 fully saturated rings. The van der Waals surface area contributed by atoms with E-state index in [4.69, 9.17) is 17.3 Å². The molecule has 0 aliphatic carbocycles. The molecule has 3 atom stereocenters. The molecule has 1 aliphatic rings. The lowest BCUT2D eigenvalue weighted by Gasteiger charge is -2.44. The molecule has 0 spiro atoms.